The van der Waals surface area contributed by atoms with Gasteiger partial charge in [0.1, 0.15) is 11.9 Å². The predicted molar refractivity (Wildman–Crippen MR) is 181 cm³/mol. The Labute approximate surface area is 282 Å². The lowest BCUT2D eigenvalue weighted by molar-refractivity contribution is -0.148. The number of hydrogen-bond acceptors (Lipinski definition) is 7. The van der Waals surface area contributed by atoms with Crippen molar-refractivity contribution >= 4 is 33.2 Å². The topological polar surface area (TPSA) is 138 Å². The number of likely N-dealkylation sites (tertiary alicyclic amines) is 1. The molecule has 1 unspecified atom stereocenters. The predicted octanol–water partition coefficient (Wildman–Crippen LogP) is 4.66. The van der Waals surface area contributed by atoms with Crippen molar-refractivity contribution in [1.29, 1.82) is 0 Å². The molecule has 2 aliphatic heterocycles. The lowest BCUT2D eigenvalue weighted by Gasteiger charge is -2.47. The molecule has 3 saturated carbocycles. The molecule has 7 atom stereocenters. The molecule has 5 fully saturated rings. The molecule has 0 aromatic heterocycles. The molecular weight excluding hydrogens is 616 g/mol. The SMILES string of the molecule is C=CCNC(=O)C(O)[C@@H](CC(=O)[C@@H]1[C@@H]2[C@H](CN1C(=O)[C@@H](CC(=O)CC1([C@@H]3CCS3(=O)=O)CCCCC1)C(C)(C)C)C2(C)C)CC1CC1. The van der Waals surface area contributed by atoms with Gasteiger partial charge >= 0.3 is 0 Å². The van der Waals surface area contributed by atoms with E-state index in [1.165, 1.54) is 0 Å². The second kappa shape index (κ2) is 13.3. The van der Waals surface area contributed by atoms with Crippen molar-refractivity contribution in [2.45, 2.75) is 129 Å². The van der Waals surface area contributed by atoms with E-state index in [-0.39, 0.29) is 66.3 Å². The molecule has 264 valence electrons. The molecule has 5 rings (SSSR count). The minimum Gasteiger partial charge on any atom is -0.383 e. The van der Waals surface area contributed by atoms with Crippen molar-refractivity contribution < 1.29 is 32.7 Å². The lowest BCUT2D eigenvalue weighted by atomic mass is 9.66. The van der Waals surface area contributed by atoms with Gasteiger partial charge in [-0.05, 0) is 59.7 Å². The molecule has 2 saturated heterocycles. The number of Topliss-reactive ketones (excluding diaryl/α,β-unsaturated/α-hetero) is 2. The average molecular weight is 675 g/mol. The van der Waals surface area contributed by atoms with Gasteiger partial charge in [0.25, 0.3) is 0 Å². The van der Waals surface area contributed by atoms with Gasteiger partial charge in [-0.15, -0.1) is 6.58 Å². The smallest absolute Gasteiger partial charge is 0.249 e. The maximum absolute atomic E-state index is 14.5. The monoisotopic (exact) mass is 674 g/mol. The number of carbonyl (C=O) groups is 4. The Bertz CT molecular complexity index is 1350. The summed E-state index contributed by atoms with van der Waals surface area (Å²) in [5.74, 6) is -1.31. The van der Waals surface area contributed by atoms with E-state index >= 15 is 0 Å². The maximum atomic E-state index is 14.5. The Balaban J connectivity index is 1.34. The molecule has 0 spiro atoms. The fraction of sp³-hybridized carbons (Fsp3) is 0.838. The van der Waals surface area contributed by atoms with Crippen LogP contribution in [0.2, 0.25) is 0 Å². The first-order valence-electron chi connectivity index (χ1n) is 18.1. The minimum atomic E-state index is -3.18. The number of amides is 2. The summed E-state index contributed by atoms with van der Waals surface area (Å²) >= 11 is 0. The fourth-order valence-corrected chi connectivity index (χ4v) is 11.4. The van der Waals surface area contributed by atoms with E-state index < -0.39 is 55.8 Å². The summed E-state index contributed by atoms with van der Waals surface area (Å²) in [6, 6.07) is -0.655. The number of aliphatic hydroxyl groups is 1. The van der Waals surface area contributed by atoms with E-state index in [0.29, 0.717) is 25.3 Å². The molecule has 47 heavy (non-hydrogen) atoms. The van der Waals surface area contributed by atoms with Gasteiger partial charge in [-0.25, -0.2) is 8.42 Å². The third kappa shape index (κ3) is 7.43. The van der Waals surface area contributed by atoms with Gasteiger partial charge in [0.15, 0.2) is 15.6 Å². The summed E-state index contributed by atoms with van der Waals surface area (Å²) in [7, 11) is -3.18. The molecule has 0 radical (unpaired) electrons. The second-order valence-corrected chi connectivity index (χ2v) is 19.7. The molecule has 5 aliphatic rings. The van der Waals surface area contributed by atoms with Gasteiger partial charge in [0.05, 0.1) is 17.0 Å². The van der Waals surface area contributed by atoms with Gasteiger partial charge in [0, 0.05) is 44.2 Å². The first-order chi connectivity index (χ1) is 21.9. The Morgan fingerprint density at radius 2 is 1.70 bits per heavy atom. The number of ketones is 2. The van der Waals surface area contributed by atoms with Gasteiger partial charge in [-0.1, -0.05) is 72.8 Å². The molecular formula is C37H58N2O7S. The number of carbonyl (C=O) groups excluding carboxylic acids is 4. The third-order valence-electron chi connectivity index (χ3n) is 12.7. The van der Waals surface area contributed by atoms with Crippen molar-refractivity contribution in [3.8, 4) is 0 Å². The molecule has 10 heteroatoms. The van der Waals surface area contributed by atoms with E-state index in [9.17, 15) is 32.7 Å². The molecule has 0 aromatic rings. The third-order valence-corrected chi connectivity index (χ3v) is 15.1. The quantitative estimate of drug-likeness (QED) is 0.241. The van der Waals surface area contributed by atoms with Gasteiger partial charge in [-0.2, -0.15) is 0 Å². The van der Waals surface area contributed by atoms with Crippen LogP contribution in [0, 0.1) is 45.8 Å². The van der Waals surface area contributed by atoms with Gasteiger partial charge in [-0.3, -0.25) is 19.2 Å². The highest BCUT2D eigenvalue weighted by Crippen LogP contribution is 2.65. The summed E-state index contributed by atoms with van der Waals surface area (Å²) in [6.07, 6.45) is 8.05. The highest BCUT2D eigenvalue weighted by molar-refractivity contribution is 7.93. The van der Waals surface area contributed by atoms with Crippen LogP contribution in [-0.2, 0) is 29.0 Å². The second-order valence-electron chi connectivity index (χ2n) is 17.4. The molecule has 9 nitrogen and oxygen atoms in total. The normalized spacial score (nSPS) is 30.6. The summed E-state index contributed by atoms with van der Waals surface area (Å²) in [6.45, 7) is 14.4. The molecule has 3 aliphatic carbocycles. The highest BCUT2D eigenvalue weighted by atomic mass is 32.2. The summed E-state index contributed by atoms with van der Waals surface area (Å²) < 4.78 is 25.5. The molecule has 2 N–H and O–H groups in total. The van der Waals surface area contributed by atoms with Crippen LogP contribution in [0.4, 0.5) is 0 Å². The van der Waals surface area contributed by atoms with Crippen LogP contribution in [0.15, 0.2) is 12.7 Å². The number of hydrogen-bond donors (Lipinski definition) is 2. The van der Waals surface area contributed by atoms with E-state index in [1.807, 2.05) is 20.8 Å². The zero-order valence-corrected chi connectivity index (χ0v) is 30.1. The molecule has 2 heterocycles. The van der Waals surface area contributed by atoms with Crippen LogP contribution in [0.5, 0.6) is 0 Å². The van der Waals surface area contributed by atoms with Crippen molar-refractivity contribution in [2.75, 3.05) is 18.8 Å². The van der Waals surface area contributed by atoms with E-state index in [2.05, 4.69) is 25.7 Å². The Morgan fingerprint density at radius 1 is 1.04 bits per heavy atom. The number of sulfone groups is 1. The minimum absolute atomic E-state index is 0.00193. The van der Waals surface area contributed by atoms with Crippen LogP contribution >= 0.6 is 0 Å². The van der Waals surface area contributed by atoms with Gasteiger partial charge in [0.2, 0.25) is 11.8 Å². The number of nitrogens with zero attached hydrogens (tertiary/aromatic N) is 1. The first kappa shape index (κ1) is 36.2. The number of aliphatic hydroxyl groups excluding tert-OH is 1. The van der Waals surface area contributed by atoms with Crippen LogP contribution in [-0.4, -0.2) is 78.0 Å². The summed E-state index contributed by atoms with van der Waals surface area (Å²) in [5.41, 5.74) is -1.19. The first-order valence-corrected chi connectivity index (χ1v) is 19.8. The highest BCUT2D eigenvalue weighted by Gasteiger charge is 2.69. The summed E-state index contributed by atoms with van der Waals surface area (Å²) in [5, 5.41) is 13.2. The van der Waals surface area contributed by atoms with Crippen LogP contribution in [0.1, 0.15) is 112 Å². The maximum Gasteiger partial charge on any atom is 0.249 e. The summed E-state index contributed by atoms with van der Waals surface area (Å²) in [4.78, 5) is 57.1. The number of rotatable bonds is 15. The van der Waals surface area contributed by atoms with Crippen molar-refractivity contribution in [2.24, 2.45) is 45.8 Å². The van der Waals surface area contributed by atoms with Crippen LogP contribution in [0.3, 0.4) is 0 Å². The fourth-order valence-electron chi connectivity index (χ4n) is 9.50. The Kier molecular flexibility index (Phi) is 10.3. The van der Waals surface area contributed by atoms with Crippen molar-refractivity contribution in [3.05, 3.63) is 12.7 Å². The number of piperidine rings is 1. The Hall–Kier alpha value is -2.07. The van der Waals surface area contributed by atoms with E-state index in [4.69, 9.17) is 0 Å². The molecule has 0 aromatic carbocycles. The van der Waals surface area contributed by atoms with Crippen molar-refractivity contribution in [1.82, 2.24) is 10.2 Å². The molecule has 2 amide bonds. The van der Waals surface area contributed by atoms with Crippen LogP contribution in [0.25, 0.3) is 0 Å². The lowest BCUT2D eigenvalue weighted by Crippen LogP contribution is -2.52. The van der Waals surface area contributed by atoms with Crippen molar-refractivity contribution in [3.63, 3.8) is 0 Å². The largest absolute Gasteiger partial charge is 0.383 e. The zero-order valence-electron chi connectivity index (χ0n) is 29.3. The Morgan fingerprint density at radius 3 is 2.23 bits per heavy atom. The average Bonchev–Trinajstić information content (AvgIpc) is 3.84. The number of fused-ring (bicyclic) bond motifs is 1. The van der Waals surface area contributed by atoms with Crippen LogP contribution < -0.4 is 5.32 Å². The molecule has 0 bridgehead atoms. The van der Waals surface area contributed by atoms with E-state index in [1.54, 1.807) is 11.0 Å². The number of nitrogens with one attached hydrogen (secondary N) is 1. The zero-order chi connectivity index (χ0) is 34.5. The van der Waals surface area contributed by atoms with E-state index in [0.717, 1.165) is 44.9 Å². The van der Waals surface area contributed by atoms with Gasteiger partial charge < -0.3 is 15.3 Å². The standard InChI is InChI=1S/C37H58N2O7S/c1-7-16-38-33(43)32(42)24(18-23-11-12-23)19-28(41)31-30-27(36(30,5)6)22-39(31)34(44)26(35(2,3)4)20-25(40)21-37(14-9-8-10-15-37)29-13-17-47(29,45)46/h7,23-24,26-27,29-32,42H,1,8-22H2,2-6H3,(H,38,43)/t24-,26-,27+,29+,30+,31-,32?/m1/s1.